The van der Waals surface area contributed by atoms with Crippen molar-refractivity contribution in [2.45, 2.75) is 0 Å². The minimum absolute atomic E-state index is 0.862. The van der Waals surface area contributed by atoms with Gasteiger partial charge in [0.2, 0.25) is 0 Å². The van der Waals surface area contributed by atoms with Crippen molar-refractivity contribution in [1.82, 2.24) is 13.7 Å². The van der Waals surface area contributed by atoms with Crippen molar-refractivity contribution in [2.24, 2.45) is 0 Å². The summed E-state index contributed by atoms with van der Waals surface area (Å²) in [7, 11) is 0. The summed E-state index contributed by atoms with van der Waals surface area (Å²) < 4.78 is 19.8. The molecule has 0 bridgehead atoms. The van der Waals surface area contributed by atoms with Gasteiger partial charge in [-0.1, -0.05) is 237 Å². The van der Waals surface area contributed by atoms with Crippen LogP contribution in [0, 0.1) is 0 Å². The number of furan rings is 1. The van der Waals surface area contributed by atoms with Crippen LogP contribution in [0.5, 0.6) is 0 Å². The first-order chi connectivity index (χ1) is 50.7. The molecule has 6 aromatic heterocycles. The molecule has 6 heteroatoms. The van der Waals surface area contributed by atoms with E-state index in [4.69, 9.17) is 4.42 Å². The molecule has 24 rings (SSSR count). The van der Waals surface area contributed by atoms with Crippen LogP contribution in [0.3, 0.4) is 0 Å². The third-order valence-electron chi connectivity index (χ3n) is 22.5. The maximum absolute atomic E-state index is 7.08. The number of aromatic nitrogens is 3. The minimum atomic E-state index is 0.862. The van der Waals surface area contributed by atoms with Gasteiger partial charge in [0.25, 0.3) is 0 Å². The van der Waals surface area contributed by atoms with Gasteiger partial charge in [-0.25, -0.2) is 0 Å². The Kier molecular flexibility index (Phi) is 11.0. The number of hydrogen-bond acceptors (Lipinski definition) is 3. The van der Waals surface area contributed by atoms with E-state index in [9.17, 15) is 0 Å². The van der Waals surface area contributed by atoms with E-state index in [0.29, 0.717) is 0 Å². The maximum Gasteiger partial charge on any atom is 0.136 e. The van der Waals surface area contributed by atoms with Crippen LogP contribution >= 0.6 is 22.7 Å². The number of fused-ring (bicyclic) bond motifs is 36. The topological polar surface area (TPSA) is 27.9 Å². The van der Waals surface area contributed by atoms with Gasteiger partial charge in [0, 0.05) is 118 Å². The van der Waals surface area contributed by atoms with Gasteiger partial charge in [0.1, 0.15) is 11.2 Å². The molecule has 24 aromatic rings. The molecule has 0 aliphatic carbocycles. The van der Waals surface area contributed by atoms with Crippen LogP contribution in [0.25, 0.3) is 232 Å². The monoisotopic (exact) mass is 1330 g/mol. The summed E-state index contributed by atoms with van der Waals surface area (Å²) in [4.78, 5) is 0. The first kappa shape index (κ1) is 55.1. The number of rotatable bonds is 5. The zero-order valence-electron chi connectivity index (χ0n) is 54.7. The smallest absolute Gasteiger partial charge is 0.136 e. The predicted octanol–water partition coefficient (Wildman–Crippen LogP) is 27.9. The van der Waals surface area contributed by atoms with Gasteiger partial charge < -0.3 is 18.1 Å². The Morgan fingerprint density at radius 1 is 0.206 bits per heavy atom. The average Bonchev–Trinajstić information content (AvgIpc) is 1.48. The summed E-state index contributed by atoms with van der Waals surface area (Å²) in [6.45, 7) is 0. The molecule has 0 saturated heterocycles. The molecule has 0 aliphatic heterocycles. The van der Waals surface area contributed by atoms with Crippen molar-refractivity contribution in [1.29, 1.82) is 0 Å². The van der Waals surface area contributed by atoms with Crippen LogP contribution in [-0.2, 0) is 0 Å². The van der Waals surface area contributed by atoms with Gasteiger partial charge in [-0.05, 0) is 145 Å². The Balaban J connectivity index is 0.710. The Morgan fingerprint density at radius 2 is 0.627 bits per heavy atom. The van der Waals surface area contributed by atoms with Crippen LogP contribution in [0.15, 0.2) is 326 Å². The molecule has 0 atom stereocenters. The van der Waals surface area contributed by atoms with Crippen LogP contribution in [0.4, 0.5) is 0 Å². The lowest BCUT2D eigenvalue weighted by molar-refractivity contribution is 0.669. The van der Waals surface area contributed by atoms with Gasteiger partial charge in [-0.2, -0.15) is 0 Å². The molecule has 0 N–H and O–H groups in total. The minimum Gasteiger partial charge on any atom is -0.456 e. The van der Waals surface area contributed by atoms with Crippen LogP contribution in [0.1, 0.15) is 0 Å². The van der Waals surface area contributed by atoms with E-state index in [1.54, 1.807) is 0 Å². The van der Waals surface area contributed by atoms with E-state index in [2.05, 4.69) is 335 Å². The first-order valence-electron chi connectivity index (χ1n) is 35.1. The Morgan fingerprint density at radius 3 is 1.25 bits per heavy atom. The van der Waals surface area contributed by atoms with Crippen LogP contribution in [-0.4, -0.2) is 13.7 Å². The number of hydrogen-bond donors (Lipinski definition) is 0. The van der Waals surface area contributed by atoms with Crippen molar-refractivity contribution < 1.29 is 4.42 Å². The lowest BCUT2D eigenvalue weighted by Gasteiger charge is -2.17. The third kappa shape index (κ3) is 7.23. The summed E-state index contributed by atoms with van der Waals surface area (Å²) >= 11 is 3.83. The van der Waals surface area contributed by atoms with E-state index >= 15 is 0 Å². The quantitative estimate of drug-likeness (QED) is 0.158. The van der Waals surface area contributed by atoms with E-state index in [1.165, 1.54) is 187 Å². The second-order valence-electron chi connectivity index (χ2n) is 27.6. The van der Waals surface area contributed by atoms with E-state index in [-0.39, 0.29) is 0 Å². The zero-order valence-corrected chi connectivity index (χ0v) is 56.3. The standard InChI is InChI=1S/C96H53N3OS2/c1-2-22-56(23-3-1)97-76-39-15-10-26-63(76)69-37-21-36-60(92(69)97)54-44-47-57(48-45-54)98-77-40-16-11-31-70(77)89-85-68-30-9-8-29-67(68)83-59(35-20-38-74(83)87(85)91-73-34-14-19-43-82(73)102-96(91)93(89)98)55-46-50-64-75-53-58(49-51-79(75)100-80(64)52-55)99-78-41-17-12-32-71(78)88-84-65-27-6-4-24-61(65)62-25-5-7-28-66(62)86(84)90-72-33-13-18-42-81(72)101-95(90)94(88)99/h1-53H. The molecular formula is C96H53N3OS2. The SMILES string of the molecule is c1ccc(-n2c3ccccc3c3cccc(-c4ccc(-n5c6ccccc6c6c7c8ccccc8c8c(-c9ccc%10c(c9)oc9ccc(-n%11c%12ccccc%12c%12c%13c%14ccccc%14c%14ccccc%14c%13c%13c%14ccccc%14sc%13c%12%11)cc9%10)cccc8c7c7c8ccccc8sc7c65)cc4)c32)cc1. The predicted molar refractivity (Wildman–Crippen MR) is 438 cm³/mol. The normalized spacial score (nSPS) is 12.5. The second-order valence-corrected chi connectivity index (χ2v) is 29.7. The largest absolute Gasteiger partial charge is 0.456 e. The van der Waals surface area contributed by atoms with Crippen molar-refractivity contribution in [3.63, 3.8) is 0 Å². The average molecular weight is 1330 g/mol. The van der Waals surface area contributed by atoms with Crippen molar-refractivity contribution in [3.8, 4) is 39.3 Å². The molecule has 0 aliphatic rings. The lowest BCUT2D eigenvalue weighted by atomic mass is 9.86. The fraction of sp³-hybridized carbons (Fsp3) is 0. The maximum atomic E-state index is 7.08. The molecule has 0 saturated carbocycles. The molecule has 0 spiro atoms. The van der Waals surface area contributed by atoms with Crippen LogP contribution < -0.4 is 0 Å². The molecule has 0 amide bonds. The molecular weight excluding hydrogens is 1280 g/mol. The number of para-hydroxylation sites is 5. The Labute approximate surface area is 589 Å². The van der Waals surface area contributed by atoms with Gasteiger partial charge >= 0.3 is 0 Å². The summed E-state index contributed by atoms with van der Waals surface area (Å²) in [6.07, 6.45) is 0. The highest BCUT2D eigenvalue weighted by Gasteiger charge is 2.29. The third-order valence-corrected chi connectivity index (χ3v) is 24.9. The van der Waals surface area contributed by atoms with Gasteiger partial charge in [-0.3, -0.25) is 0 Å². The van der Waals surface area contributed by atoms with Gasteiger partial charge in [-0.15, -0.1) is 22.7 Å². The van der Waals surface area contributed by atoms with E-state index < -0.39 is 0 Å². The first-order valence-corrected chi connectivity index (χ1v) is 36.7. The molecule has 0 fully saturated rings. The second kappa shape index (κ2) is 20.4. The highest BCUT2D eigenvalue weighted by Crippen LogP contribution is 2.56. The fourth-order valence-electron chi connectivity index (χ4n) is 18.5. The summed E-state index contributed by atoms with van der Waals surface area (Å²) in [5.74, 6) is 0. The zero-order chi connectivity index (χ0) is 66.2. The molecule has 0 unspecified atom stereocenters. The lowest BCUT2D eigenvalue weighted by Crippen LogP contribution is -1.96. The molecule has 6 heterocycles. The molecule has 18 aromatic carbocycles. The fourth-order valence-corrected chi connectivity index (χ4v) is 21.0. The van der Waals surface area contributed by atoms with E-state index in [0.717, 1.165) is 44.6 Å². The number of thiophene rings is 2. The Bertz CT molecular complexity index is 7870. The van der Waals surface area contributed by atoms with Crippen LogP contribution in [0.2, 0.25) is 0 Å². The highest BCUT2D eigenvalue weighted by molar-refractivity contribution is 7.27. The van der Waals surface area contributed by atoms with Crippen molar-refractivity contribution in [2.75, 3.05) is 0 Å². The summed E-state index contributed by atoms with van der Waals surface area (Å²) in [6, 6.07) is 120. The summed E-state index contributed by atoms with van der Waals surface area (Å²) in [5, 5.41) is 30.2. The molecule has 102 heavy (non-hydrogen) atoms. The Hall–Kier alpha value is -12.8. The molecule has 4 nitrogen and oxygen atoms in total. The summed E-state index contributed by atoms with van der Waals surface area (Å²) in [5.41, 5.74) is 17.0. The van der Waals surface area contributed by atoms with Gasteiger partial charge in [0.15, 0.2) is 0 Å². The molecule has 0 radical (unpaired) electrons. The van der Waals surface area contributed by atoms with Gasteiger partial charge in [0.05, 0.1) is 42.5 Å². The van der Waals surface area contributed by atoms with Crippen molar-refractivity contribution >= 4 is 215 Å². The van der Waals surface area contributed by atoms with Crippen molar-refractivity contribution in [3.05, 3.63) is 322 Å². The number of nitrogens with zero attached hydrogens (tertiary/aromatic N) is 3. The highest BCUT2D eigenvalue weighted by atomic mass is 32.1. The van der Waals surface area contributed by atoms with E-state index in [1.807, 2.05) is 22.7 Å². The molecule has 470 valence electrons. The number of benzene rings is 18.